The molecule has 1 aromatic heterocycles. The van der Waals surface area contributed by atoms with Gasteiger partial charge in [-0.2, -0.15) is 0 Å². The van der Waals surface area contributed by atoms with Gasteiger partial charge in [-0.3, -0.25) is 0 Å². The lowest BCUT2D eigenvalue weighted by atomic mass is 10.3. The van der Waals surface area contributed by atoms with Crippen molar-refractivity contribution in [1.82, 2.24) is 4.98 Å². The van der Waals surface area contributed by atoms with Gasteiger partial charge in [0.25, 0.3) is 0 Å². The molecule has 1 heterocycles. The lowest BCUT2D eigenvalue weighted by molar-refractivity contribution is 0.401. The van der Waals surface area contributed by atoms with E-state index in [0.717, 1.165) is 0 Å². The van der Waals surface area contributed by atoms with Crippen molar-refractivity contribution in [3.8, 4) is 5.75 Å². The molecule has 1 rings (SSSR count). The maximum atomic E-state index is 12.2. The van der Waals surface area contributed by atoms with Gasteiger partial charge in [0.1, 0.15) is 16.5 Å². The number of anilines is 1. The molecule has 1 aromatic rings. The van der Waals surface area contributed by atoms with E-state index in [-0.39, 0.29) is 16.5 Å². The van der Waals surface area contributed by atoms with Crippen LogP contribution < -0.4 is 10.5 Å². The van der Waals surface area contributed by atoms with Crippen molar-refractivity contribution in [3.63, 3.8) is 0 Å². The van der Waals surface area contributed by atoms with E-state index in [1.165, 1.54) is 19.4 Å². The van der Waals surface area contributed by atoms with Crippen LogP contribution in [-0.2, 0) is 9.84 Å². The van der Waals surface area contributed by atoms with Crippen LogP contribution >= 0.6 is 0 Å². The Morgan fingerprint density at radius 1 is 1.38 bits per heavy atom. The summed E-state index contributed by atoms with van der Waals surface area (Å²) >= 11 is 0. The fourth-order valence-corrected chi connectivity index (χ4v) is 2.39. The first-order valence-electron chi connectivity index (χ1n) is 4.74. The summed E-state index contributed by atoms with van der Waals surface area (Å²) < 4.78 is 28.5. The third kappa shape index (κ3) is 2.11. The second-order valence-corrected chi connectivity index (χ2v) is 7.05. The molecule has 0 radical (unpaired) electrons. The highest BCUT2D eigenvalue weighted by atomic mass is 32.2. The topological polar surface area (TPSA) is 82.3 Å². The molecular weight excluding hydrogens is 228 g/mol. The van der Waals surface area contributed by atoms with E-state index >= 15 is 0 Å². The molecule has 0 amide bonds. The molecular formula is C10H16N2O3S. The average Bonchev–Trinajstić information content (AvgIpc) is 2.15. The summed E-state index contributed by atoms with van der Waals surface area (Å²) in [5, 5.41) is 0. The number of hydrogen-bond acceptors (Lipinski definition) is 5. The van der Waals surface area contributed by atoms with Gasteiger partial charge >= 0.3 is 0 Å². The number of aromatic nitrogens is 1. The molecule has 2 N–H and O–H groups in total. The van der Waals surface area contributed by atoms with Crippen LogP contribution in [0.25, 0.3) is 0 Å². The van der Waals surface area contributed by atoms with Gasteiger partial charge in [-0.25, -0.2) is 13.4 Å². The van der Waals surface area contributed by atoms with Crippen molar-refractivity contribution in [1.29, 1.82) is 0 Å². The number of nitrogen functional groups attached to an aromatic ring is 1. The van der Waals surface area contributed by atoms with Crippen LogP contribution in [0.1, 0.15) is 20.8 Å². The molecule has 0 fully saturated rings. The van der Waals surface area contributed by atoms with Crippen LogP contribution in [0.15, 0.2) is 17.2 Å². The average molecular weight is 244 g/mol. The second kappa shape index (κ2) is 3.93. The molecule has 0 unspecified atom stereocenters. The first-order chi connectivity index (χ1) is 7.20. The Bertz CT molecular complexity index is 489. The molecule has 0 atom stereocenters. The Morgan fingerprint density at radius 2 is 1.94 bits per heavy atom. The molecule has 0 aromatic carbocycles. The van der Waals surface area contributed by atoms with Gasteiger partial charge in [0, 0.05) is 6.07 Å². The van der Waals surface area contributed by atoms with Crippen LogP contribution in [-0.4, -0.2) is 25.3 Å². The molecule has 6 heteroatoms. The molecule has 0 saturated heterocycles. The van der Waals surface area contributed by atoms with Crippen molar-refractivity contribution in [3.05, 3.63) is 12.3 Å². The lowest BCUT2D eigenvalue weighted by Crippen LogP contribution is -2.28. The Morgan fingerprint density at radius 3 is 2.38 bits per heavy atom. The van der Waals surface area contributed by atoms with Crippen LogP contribution in [0.4, 0.5) is 5.82 Å². The van der Waals surface area contributed by atoms with E-state index < -0.39 is 14.6 Å². The zero-order chi connectivity index (χ0) is 12.6. The minimum absolute atomic E-state index is 0.0664. The van der Waals surface area contributed by atoms with Gasteiger partial charge in [-0.15, -0.1) is 0 Å². The maximum Gasteiger partial charge on any atom is 0.188 e. The highest BCUT2D eigenvalue weighted by Crippen LogP contribution is 2.31. The summed E-state index contributed by atoms with van der Waals surface area (Å²) in [7, 11) is -2.08. The van der Waals surface area contributed by atoms with E-state index in [1.54, 1.807) is 20.8 Å². The Hall–Kier alpha value is -1.30. The zero-order valence-electron chi connectivity index (χ0n) is 9.81. The minimum atomic E-state index is -3.48. The Balaban J connectivity index is 3.46. The molecule has 0 aliphatic carbocycles. The van der Waals surface area contributed by atoms with Crippen LogP contribution in [0.3, 0.4) is 0 Å². The van der Waals surface area contributed by atoms with Gasteiger partial charge in [-0.1, -0.05) is 0 Å². The summed E-state index contributed by atoms with van der Waals surface area (Å²) in [6.45, 7) is 4.87. The highest BCUT2D eigenvalue weighted by molar-refractivity contribution is 7.92. The number of methoxy groups -OCH3 is 1. The SMILES string of the molecule is COc1cc(N)ncc1S(=O)(=O)C(C)(C)C. The third-order valence-electron chi connectivity index (χ3n) is 2.17. The van der Waals surface area contributed by atoms with Crippen molar-refractivity contribution in [2.75, 3.05) is 12.8 Å². The number of ether oxygens (including phenoxy) is 1. The van der Waals surface area contributed by atoms with E-state index in [4.69, 9.17) is 10.5 Å². The standard InChI is InChI=1S/C10H16N2O3S/c1-10(2,3)16(13,14)8-6-12-9(11)5-7(8)15-4/h5-6H,1-4H3,(H2,11,12). The Kier molecular flexibility index (Phi) is 3.14. The van der Waals surface area contributed by atoms with Gasteiger partial charge in [-0.05, 0) is 20.8 Å². The summed E-state index contributed by atoms with van der Waals surface area (Å²) in [4.78, 5) is 3.85. The van der Waals surface area contributed by atoms with E-state index in [9.17, 15) is 8.42 Å². The van der Waals surface area contributed by atoms with E-state index in [0.29, 0.717) is 0 Å². The molecule has 5 nitrogen and oxygen atoms in total. The van der Waals surface area contributed by atoms with Gasteiger partial charge in [0.15, 0.2) is 9.84 Å². The number of pyridine rings is 1. The number of rotatable bonds is 2. The van der Waals surface area contributed by atoms with Crippen molar-refractivity contribution in [2.45, 2.75) is 30.4 Å². The molecule has 90 valence electrons. The summed E-state index contributed by atoms with van der Waals surface area (Å²) in [5.41, 5.74) is 5.47. The number of nitrogens with zero attached hydrogens (tertiary/aromatic N) is 1. The minimum Gasteiger partial charge on any atom is -0.495 e. The third-order valence-corrected chi connectivity index (χ3v) is 4.67. The van der Waals surface area contributed by atoms with Crippen LogP contribution in [0.2, 0.25) is 0 Å². The van der Waals surface area contributed by atoms with Crippen molar-refractivity contribution in [2.24, 2.45) is 0 Å². The molecule has 0 saturated carbocycles. The maximum absolute atomic E-state index is 12.2. The quantitative estimate of drug-likeness (QED) is 0.846. The molecule has 0 spiro atoms. The highest BCUT2D eigenvalue weighted by Gasteiger charge is 2.33. The van der Waals surface area contributed by atoms with Crippen LogP contribution in [0, 0.1) is 0 Å². The number of sulfone groups is 1. The first-order valence-corrected chi connectivity index (χ1v) is 6.22. The summed E-state index contributed by atoms with van der Waals surface area (Å²) in [6, 6.07) is 1.40. The van der Waals surface area contributed by atoms with Crippen LogP contribution in [0.5, 0.6) is 5.75 Å². The largest absolute Gasteiger partial charge is 0.495 e. The lowest BCUT2D eigenvalue weighted by Gasteiger charge is -2.20. The van der Waals surface area contributed by atoms with E-state index in [1.807, 2.05) is 0 Å². The van der Waals surface area contributed by atoms with Crippen molar-refractivity contribution < 1.29 is 13.2 Å². The summed E-state index contributed by atoms with van der Waals surface area (Å²) in [5.74, 6) is 0.451. The number of hydrogen-bond donors (Lipinski definition) is 1. The normalized spacial score (nSPS) is 12.5. The fourth-order valence-electron chi connectivity index (χ4n) is 1.13. The molecule has 0 bridgehead atoms. The monoisotopic (exact) mass is 244 g/mol. The van der Waals surface area contributed by atoms with Crippen molar-refractivity contribution >= 4 is 15.7 Å². The smallest absolute Gasteiger partial charge is 0.188 e. The fraction of sp³-hybridized carbons (Fsp3) is 0.500. The molecule has 0 aliphatic heterocycles. The van der Waals surface area contributed by atoms with Gasteiger partial charge < -0.3 is 10.5 Å². The Labute approximate surface area is 95.6 Å². The van der Waals surface area contributed by atoms with E-state index in [2.05, 4.69) is 4.98 Å². The summed E-state index contributed by atoms with van der Waals surface area (Å²) in [6.07, 6.45) is 1.23. The predicted octanol–water partition coefficient (Wildman–Crippen LogP) is 1.24. The molecule has 0 aliphatic rings. The van der Waals surface area contributed by atoms with Gasteiger partial charge in [0.05, 0.1) is 18.1 Å². The zero-order valence-corrected chi connectivity index (χ0v) is 10.6. The van der Waals surface area contributed by atoms with Gasteiger partial charge in [0.2, 0.25) is 0 Å². The number of nitrogens with two attached hydrogens (primary N) is 1. The molecule has 16 heavy (non-hydrogen) atoms. The first kappa shape index (κ1) is 12.8. The second-order valence-electron chi connectivity index (χ2n) is 4.38. The predicted molar refractivity (Wildman–Crippen MR) is 62.1 cm³/mol.